The van der Waals surface area contributed by atoms with Crippen molar-refractivity contribution in [3.05, 3.63) is 60.4 Å². The Morgan fingerprint density at radius 1 is 0.889 bits per heavy atom. The Balaban J connectivity index is 1.78. The van der Waals surface area contributed by atoms with Crippen LogP contribution in [0.5, 0.6) is 0 Å². The molecule has 0 unspecified atom stereocenters. The van der Waals surface area contributed by atoms with Crippen LogP contribution < -0.4 is 21.7 Å². The van der Waals surface area contributed by atoms with Gasteiger partial charge in [-0.25, -0.2) is 18.7 Å². The molecule has 1 heterocycles. The summed E-state index contributed by atoms with van der Waals surface area (Å²) in [7, 11) is 0. The number of hydrogen-bond donors (Lipinski definition) is 4. The largest absolute Gasteiger partial charge is 0.393 e. The first kappa shape index (κ1) is 18.1. The first-order valence-electron chi connectivity index (χ1n) is 7.89. The number of benzene rings is 2. The number of amides is 1. The van der Waals surface area contributed by atoms with Gasteiger partial charge < -0.3 is 21.7 Å². The van der Waals surface area contributed by atoms with Crippen molar-refractivity contribution in [3.8, 4) is 0 Å². The molecule has 7 nitrogen and oxygen atoms in total. The molecule has 1 amide bonds. The van der Waals surface area contributed by atoms with Crippen LogP contribution in [0.15, 0.2) is 48.8 Å². The van der Waals surface area contributed by atoms with Crippen LogP contribution in [0, 0.1) is 11.6 Å². The number of nitrogens with zero attached hydrogens (tertiary/aromatic N) is 2. The summed E-state index contributed by atoms with van der Waals surface area (Å²) in [5.74, 6) is -1.51. The lowest BCUT2D eigenvalue weighted by molar-refractivity contribution is -0.114. The highest BCUT2D eigenvalue weighted by molar-refractivity contribution is 5.89. The van der Waals surface area contributed by atoms with E-state index in [9.17, 15) is 13.6 Å². The van der Waals surface area contributed by atoms with Crippen molar-refractivity contribution >= 4 is 40.3 Å². The number of aromatic nitrogens is 2. The molecule has 0 aliphatic heterocycles. The molecule has 0 saturated heterocycles. The molecule has 27 heavy (non-hydrogen) atoms. The van der Waals surface area contributed by atoms with Crippen LogP contribution in [0.2, 0.25) is 0 Å². The normalized spacial score (nSPS) is 10.3. The molecule has 0 aliphatic carbocycles. The van der Waals surface area contributed by atoms with Crippen molar-refractivity contribution in [1.29, 1.82) is 0 Å². The molecule has 3 rings (SSSR count). The van der Waals surface area contributed by atoms with E-state index in [1.165, 1.54) is 19.3 Å². The molecular formula is C18H16F2N6O. The molecular weight excluding hydrogens is 354 g/mol. The summed E-state index contributed by atoms with van der Waals surface area (Å²) in [6, 6.07) is 10.3. The number of rotatable bonds is 5. The van der Waals surface area contributed by atoms with Gasteiger partial charge in [0.25, 0.3) is 0 Å². The van der Waals surface area contributed by atoms with E-state index < -0.39 is 11.6 Å². The van der Waals surface area contributed by atoms with E-state index in [2.05, 4.69) is 25.9 Å². The Kier molecular flexibility index (Phi) is 5.11. The maximum atomic E-state index is 13.3. The van der Waals surface area contributed by atoms with Crippen molar-refractivity contribution in [2.24, 2.45) is 0 Å². The predicted octanol–water partition coefficient (Wildman–Crippen LogP) is 3.78. The average molecular weight is 370 g/mol. The first-order valence-corrected chi connectivity index (χ1v) is 7.89. The molecule has 5 N–H and O–H groups in total. The molecule has 138 valence electrons. The second kappa shape index (κ2) is 7.65. The summed E-state index contributed by atoms with van der Waals surface area (Å²) >= 11 is 0. The van der Waals surface area contributed by atoms with E-state index in [0.29, 0.717) is 22.9 Å². The van der Waals surface area contributed by atoms with E-state index >= 15 is 0 Å². The van der Waals surface area contributed by atoms with Crippen molar-refractivity contribution < 1.29 is 13.6 Å². The lowest BCUT2D eigenvalue weighted by Crippen LogP contribution is -2.06. The minimum Gasteiger partial charge on any atom is -0.393 e. The zero-order chi connectivity index (χ0) is 19.4. The number of carbonyl (C=O) groups is 1. The van der Waals surface area contributed by atoms with Gasteiger partial charge in [-0.2, -0.15) is 0 Å². The average Bonchev–Trinajstić information content (AvgIpc) is 2.63. The topological polar surface area (TPSA) is 105 Å². The van der Waals surface area contributed by atoms with Crippen molar-refractivity contribution in [2.45, 2.75) is 6.92 Å². The van der Waals surface area contributed by atoms with E-state index in [1.54, 1.807) is 24.3 Å². The second-order valence-corrected chi connectivity index (χ2v) is 5.62. The first-order chi connectivity index (χ1) is 12.9. The molecule has 0 atom stereocenters. The minimum absolute atomic E-state index is 0.163. The van der Waals surface area contributed by atoms with Crippen molar-refractivity contribution in [1.82, 2.24) is 9.97 Å². The van der Waals surface area contributed by atoms with Crippen LogP contribution >= 0.6 is 0 Å². The van der Waals surface area contributed by atoms with E-state index in [0.717, 1.165) is 12.1 Å². The van der Waals surface area contributed by atoms with Gasteiger partial charge >= 0.3 is 0 Å². The summed E-state index contributed by atoms with van der Waals surface area (Å²) in [4.78, 5) is 19.2. The van der Waals surface area contributed by atoms with Gasteiger partial charge in [0, 0.05) is 30.1 Å². The lowest BCUT2D eigenvalue weighted by Gasteiger charge is -2.13. The molecule has 0 aliphatic rings. The number of nitrogen functional groups attached to an aromatic ring is 1. The standard InChI is InChI=1S/C18H16F2N6O/c1-10(27)24-11-2-4-12(5-3-11)25-17-16(21)18(23-9-22-17)26-13-6-7-14(19)15(20)8-13/h2-9H,21H2,1H3,(H,24,27)(H2,22,23,25,26). The Hall–Kier alpha value is -3.75. The van der Waals surface area contributed by atoms with E-state index in [4.69, 9.17) is 5.73 Å². The molecule has 0 bridgehead atoms. The van der Waals surface area contributed by atoms with Gasteiger partial charge in [0.05, 0.1) is 0 Å². The van der Waals surface area contributed by atoms with E-state index in [1.807, 2.05) is 0 Å². The summed E-state index contributed by atoms with van der Waals surface area (Å²) in [6.07, 6.45) is 1.28. The molecule has 0 saturated carbocycles. The molecule has 9 heteroatoms. The number of carbonyl (C=O) groups excluding carboxylic acids is 1. The third-order valence-electron chi connectivity index (χ3n) is 3.53. The van der Waals surface area contributed by atoms with Gasteiger partial charge in [-0.1, -0.05) is 0 Å². The maximum absolute atomic E-state index is 13.3. The van der Waals surface area contributed by atoms with E-state index in [-0.39, 0.29) is 17.4 Å². The van der Waals surface area contributed by atoms with Crippen LogP contribution in [-0.2, 0) is 4.79 Å². The molecule has 3 aromatic rings. The van der Waals surface area contributed by atoms with Crippen LogP contribution in [0.4, 0.5) is 43.2 Å². The summed E-state index contributed by atoms with van der Waals surface area (Å²) in [5.41, 5.74) is 7.91. The number of nitrogens with two attached hydrogens (primary N) is 1. The molecule has 1 aromatic heterocycles. The Morgan fingerprint density at radius 2 is 1.44 bits per heavy atom. The van der Waals surface area contributed by atoms with Gasteiger partial charge in [0.15, 0.2) is 23.3 Å². The highest BCUT2D eigenvalue weighted by Gasteiger charge is 2.10. The fourth-order valence-electron chi connectivity index (χ4n) is 2.28. The Bertz CT molecular complexity index is 978. The lowest BCUT2D eigenvalue weighted by atomic mass is 10.2. The van der Waals surface area contributed by atoms with Gasteiger partial charge in [0.2, 0.25) is 5.91 Å². The highest BCUT2D eigenvalue weighted by atomic mass is 19.2. The Labute approximate surface area is 153 Å². The maximum Gasteiger partial charge on any atom is 0.221 e. The number of anilines is 6. The smallest absolute Gasteiger partial charge is 0.221 e. The van der Waals surface area contributed by atoms with Crippen LogP contribution in [0.1, 0.15) is 6.92 Å². The third kappa shape index (κ3) is 4.46. The zero-order valence-corrected chi connectivity index (χ0v) is 14.3. The summed E-state index contributed by atoms with van der Waals surface area (Å²) in [6.45, 7) is 1.43. The molecule has 2 aromatic carbocycles. The number of halogens is 2. The fourth-order valence-corrected chi connectivity index (χ4v) is 2.28. The summed E-state index contributed by atoms with van der Waals surface area (Å²) in [5, 5.41) is 8.53. The minimum atomic E-state index is -0.981. The molecule has 0 spiro atoms. The predicted molar refractivity (Wildman–Crippen MR) is 100 cm³/mol. The van der Waals surface area contributed by atoms with Crippen LogP contribution in [0.25, 0.3) is 0 Å². The summed E-state index contributed by atoms with van der Waals surface area (Å²) < 4.78 is 26.4. The number of nitrogens with one attached hydrogen (secondary N) is 3. The van der Waals surface area contributed by atoms with Crippen molar-refractivity contribution in [3.63, 3.8) is 0 Å². The van der Waals surface area contributed by atoms with Crippen molar-refractivity contribution in [2.75, 3.05) is 21.7 Å². The van der Waals surface area contributed by atoms with Crippen LogP contribution in [0.3, 0.4) is 0 Å². The quantitative estimate of drug-likeness (QED) is 0.545. The molecule has 0 radical (unpaired) electrons. The monoisotopic (exact) mass is 370 g/mol. The highest BCUT2D eigenvalue weighted by Crippen LogP contribution is 2.28. The second-order valence-electron chi connectivity index (χ2n) is 5.62. The fraction of sp³-hybridized carbons (Fsp3) is 0.0556. The van der Waals surface area contributed by atoms with Gasteiger partial charge in [-0.15, -0.1) is 0 Å². The SMILES string of the molecule is CC(=O)Nc1ccc(Nc2ncnc(Nc3ccc(F)c(F)c3)c2N)cc1. The van der Waals surface area contributed by atoms with Gasteiger partial charge in [0.1, 0.15) is 12.0 Å². The van der Waals surface area contributed by atoms with Gasteiger partial charge in [-0.3, -0.25) is 4.79 Å². The zero-order valence-electron chi connectivity index (χ0n) is 14.3. The third-order valence-corrected chi connectivity index (χ3v) is 3.53. The number of hydrogen-bond acceptors (Lipinski definition) is 6. The molecule has 0 fully saturated rings. The Morgan fingerprint density at radius 3 is 2.04 bits per heavy atom. The van der Waals surface area contributed by atoms with Crippen LogP contribution in [-0.4, -0.2) is 15.9 Å². The van der Waals surface area contributed by atoms with Gasteiger partial charge in [-0.05, 0) is 36.4 Å².